The van der Waals surface area contributed by atoms with Crippen molar-refractivity contribution < 1.29 is 55.6 Å². The number of hydrogen-bond donors (Lipinski definition) is 0. The first-order valence-electron chi connectivity index (χ1n) is 9.20. The SMILES string of the molecule is Cc1cc2c(c(C(C)(C)C)c1)[O][Ti+2][O]c1c(cc(C)cc1C(C)(C)C)S2=O.[Cl-].[Cl-]. The van der Waals surface area contributed by atoms with E-state index in [-0.39, 0.29) is 35.6 Å². The van der Waals surface area contributed by atoms with Gasteiger partial charge in [-0.15, -0.1) is 0 Å². The van der Waals surface area contributed by atoms with Crippen LogP contribution >= 0.6 is 0 Å². The number of rotatable bonds is 0. The zero-order valence-corrected chi connectivity index (χ0v) is 22.1. The van der Waals surface area contributed by atoms with Gasteiger partial charge in [0.05, 0.1) is 0 Å². The average Bonchev–Trinajstić information content (AvgIpc) is 2.52. The third-order valence-corrected chi connectivity index (χ3v) is 7.00. The van der Waals surface area contributed by atoms with E-state index in [4.69, 9.17) is 6.64 Å². The molecule has 0 bridgehead atoms. The minimum Gasteiger partial charge on any atom is -1.00 e. The molecule has 7 heteroatoms. The second-order valence-electron chi connectivity index (χ2n) is 9.34. The smallest absolute Gasteiger partial charge is 1.00 e. The minimum atomic E-state index is -1.36. The summed E-state index contributed by atoms with van der Waals surface area (Å²) in [5.74, 6) is 1.49. The van der Waals surface area contributed by atoms with Gasteiger partial charge in [-0.3, -0.25) is 0 Å². The van der Waals surface area contributed by atoms with Gasteiger partial charge in [-0.2, -0.15) is 0 Å². The molecule has 29 heavy (non-hydrogen) atoms. The molecule has 0 radical (unpaired) electrons. The number of halogens is 2. The largest absolute Gasteiger partial charge is 1.00 e. The van der Waals surface area contributed by atoms with Crippen LogP contribution in [-0.4, -0.2) is 4.21 Å². The first-order valence-corrected chi connectivity index (χ1v) is 11.6. The second-order valence-corrected chi connectivity index (χ2v) is 11.7. The molecule has 0 fully saturated rings. The first-order chi connectivity index (χ1) is 12.4. The van der Waals surface area contributed by atoms with Crippen LogP contribution < -0.4 is 31.5 Å². The summed E-state index contributed by atoms with van der Waals surface area (Å²) >= 11 is -1.16. The molecule has 0 amide bonds. The van der Waals surface area contributed by atoms with Crippen LogP contribution in [0.4, 0.5) is 0 Å². The van der Waals surface area contributed by atoms with Gasteiger partial charge < -0.3 is 24.8 Å². The van der Waals surface area contributed by atoms with Gasteiger partial charge in [0.25, 0.3) is 0 Å². The topological polar surface area (TPSA) is 35.5 Å². The van der Waals surface area contributed by atoms with Crippen molar-refractivity contribution >= 4 is 10.8 Å². The Kier molecular flexibility index (Phi) is 8.52. The fourth-order valence-electron chi connectivity index (χ4n) is 3.30. The molecule has 3 rings (SSSR count). The second kappa shape index (κ2) is 9.32. The van der Waals surface area contributed by atoms with Crippen molar-refractivity contribution in [2.24, 2.45) is 0 Å². The Morgan fingerprint density at radius 1 is 0.724 bits per heavy atom. The van der Waals surface area contributed by atoms with Crippen molar-refractivity contribution in [3.63, 3.8) is 0 Å². The molecular weight excluding hydrogens is 463 g/mol. The molecule has 1 aliphatic heterocycles. The van der Waals surface area contributed by atoms with Crippen LogP contribution in [0.1, 0.15) is 63.8 Å². The Bertz CT molecular complexity index is 858. The first kappa shape index (κ1) is 26.5. The number of fused-ring (bicyclic) bond motifs is 2. The average molecular weight is 491 g/mol. The maximum atomic E-state index is 13.7. The van der Waals surface area contributed by atoms with Gasteiger partial charge in [-0.25, -0.2) is 0 Å². The molecule has 0 spiro atoms. The van der Waals surface area contributed by atoms with E-state index in [2.05, 4.69) is 67.5 Å². The van der Waals surface area contributed by atoms with Crippen LogP contribution in [0.2, 0.25) is 0 Å². The Morgan fingerprint density at radius 2 is 1.07 bits per heavy atom. The van der Waals surface area contributed by atoms with E-state index >= 15 is 0 Å². The fraction of sp³-hybridized carbons (Fsp3) is 0.455. The standard InChI is InChI=1S/C22H30O3S.2ClH.Ti/c1-13-9-15(21(3,4)5)19(23)17(11-13)26(25)18-12-14(2)10-16(20(18)24)22(6,7)8;;;/h9-12,23-24H,1-8H3;2*1H;/q;;;+4/p-4. The van der Waals surface area contributed by atoms with E-state index in [0.717, 1.165) is 43.5 Å². The molecular formula is C22H28Cl2O3STi. The Hall–Kier alpha value is -0.516. The van der Waals surface area contributed by atoms with Crippen molar-refractivity contribution in [2.45, 2.75) is 76.0 Å². The van der Waals surface area contributed by atoms with E-state index < -0.39 is 30.7 Å². The van der Waals surface area contributed by atoms with Crippen LogP contribution in [-0.2, 0) is 41.6 Å². The van der Waals surface area contributed by atoms with E-state index in [1.54, 1.807) is 0 Å². The van der Waals surface area contributed by atoms with Crippen molar-refractivity contribution in [1.29, 1.82) is 0 Å². The quantitative estimate of drug-likeness (QED) is 0.478. The molecule has 2 aromatic rings. The Morgan fingerprint density at radius 3 is 1.38 bits per heavy atom. The summed E-state index contributed by atoms with van der Waals surface area (Å²) in [4.78, 5) is 1.53. The molecule has 2 aromatic carbocycles. The molecule has 1 aliphatic rings. The third kappa shape index (κ3) is 5.40. The van der Waals surface area contributed by atoms with Crippen LogP contribution in [0, 0.1) is 13.8 Å². The molecule has 0 saturated heterocycles. The summed E-state index contributed by atoms with van der Waals surface area (Å²) < 4.78 is 26.1. The predicted octanol–water partition coefficient (Wildman–Crippen LogP) is -0.243. The normalized spacial score (nSPS) is 13.5. The third-order valence-electron chi connectivity index (χ3n) is 4.70. The van der Waals surface area contributed by atoms with Gasteiger partial charge in [-0.05, 0) is 0 Å². The van der Waals surface area contributed by atoms with E-state index in [9.17, 15) is 4.21 Å². The minimum absolute atomic E-state index is 0. The Labute approximate surface area is 199 Å². The zero-order chi connectivity index (χ0) is 20.1. The Balaban J connectivity index is 0.00000210. The zero-order valence-electron chi connectivity index (χ0n) is 18.2. The van der Waals surface area contributed by atoms with E-state index in [1.165, 1.54) is 0 Å². The van der Waals surface area contributed by atoms with Gasteiger partial charge in [0, 0.05) is 0 Å². The van der Waals surface area contributed by atoms with E-state index in [0.29, 0.717) is 0 Å². The molecule has 3 nitrogen and oxygen atoms in total. The summed E-state index contributed by atoms with van der Waals surface area (Å²) in [7, 11) is -1.36. The van der Waals surface area contributed by atoms with Crippen LogP contribution in [0.5, 0.6) is 11.5 Å². The maximum Gasteiger partial charge on any atom is -1.00 e. The molecule has 0 atom stereocenters. The fourth-order valence-corrected chi connectivity index (χ4v) is 6.01. The summed E-state index contributed by atoms with van der Waals surface area (Å²) in [5, 5.41) is 0. The summed E-state index contributed by atoms with van der Waals surface area (Å²) in [6, 6.07) is 8.28. The molecule has 0 aliphatic carbocycles. The van der Waals surface area contributed by atoms with Crippen LogP contribution in [0.25, 0.3) is 0 Å². The van der Waals surface area contributed by atoms with Gasteiger partial charge in [0.1, 0.15) is 0 Å². The van der Waals surface area contributed by atoms with Crippen molar-refractivity contribution in [3.05, 3.63) is 46.5 Å². The number of hydrogen-bond acceptors (Lipinski definition) is 3. The van der Waals surface area contributed by atoms with E-state index in [1.807, 2.05) is 12.1 Å². The summed E-state index contributed by atoms with van der Waals surface area (Å²) in [6.07, 6.45) is 0. The van der Waals surface area contributed by atoms with Gasteiger partial charge in [0.15, 0.2) is 0 Å². The van der Waals surface area contributed by atoms with Crippen molar-refractivity contribution in [2.75, 3.05) is 0 Å². The molecule has 0 unspecified atom stereocenters. The van der Waals surface area contributed by atoms with Crippen molar-refractivity contribution in [1.82, 2.24) is 0 Å². The predicted molar refractivity (Wildman–Crippen MR) is 106 cm³/mol. The number of aryl methyl sites for hydroxylation is 2. The summed E-state index contributed by atoms with van der Waals surface area (Å²) in [6.45, 7) is 17.0. The molecule has 0 N–H and O–H groups in total. The molecule has 0 aromatic heterocycles. The van der Waals surface area contributed by atoms with Gasteiger partial charge in [0.2, 0.25) is 0 Å². The molecule has 0 saturated carbocycles. The van der Waals surface area contributed by atoms with Crippen LogP contribution in [0.3, 0.4) is 0 Å². The molecule has 158 valence electrons. The monoisotopic (exact) mass is 490 g/mol. The summed E-state index contributed by atoms with van der Waals surface area (Å²) in [5.41, 5.74) is 4.18. The maximum absolute atomic E-state index is 13.7. The van der Waals surface area contributed by atoms with Crippen LogP contribution in [0.15, 0.2) is 34.1 Å². The van der Waals surface area contributed by atoms with Gasteiger partial charge in [-0.1, -0.05) is 0 Å². The van der Waals surface area contributed by atoms with Gasteiger partial charge >= 0.3 is 176 Å². The molecule has 1 heterocycles. The van der Waals surface area contributed by atoms with Crippen molar-refractivity contribution in [3.8, 4) is 11.5 Å². The number of benzene rings is 2.